The number of hydrogen-bond acceptors (Lipinski definition) is 11. The molecule has 3 aromatic carbocycles. The third kappa shape index (κ3) is 9.42. The summed E-state index contributed by atoms with van der Waals surface area (Å²) in [5.41, 5.74) is 3.84. The summed E-state index contributed by atoms with van der Waals surface area (Å²) in [6.45, 7) is 0.0255. The average Bonchev–Trinajstić information content (AvgIpc) is 3.67. The molecule has 3 N–H and O–H groups in total. The molecule has 0 saturated carbocycles. The monoisotopic (exact) mass is 922 g/mol. The number of hydrogen-bond donors (Lipinski definition) is 3. The number of methoxy groups -OCH3 is 1. The lowest BCUT2D eigenvalue weighted by Gasteiger charge is -2.42. The molecule has 0 amide bonds. The zero-order valence-electron chi connectivity index (χ0n) is 37.2. The van der Waals surface area contributed by atoms with Crippen molar-refractivity contribution in [3.8, 4) is 11.1 Å². The van der Waals surface area contributed by atoms with Crippen molar-refractivity contribution in [2.75, 3.05) is 33.5 Å². The van der Waals surface area contributed by atoms with E-state index >= 15 is 0 Å². The molecule has 0 fully saturated rings. The first-order valence-electron chi connectivity index (χ1n) is 22.4. The van der Waals surface area contributed by atoms with E-state index in [1.807, 2.05) is 18.2 Å². The smallest absolute Gasteiger partial charge is 0.339 e. The minimum Gasteiger partial charge on any atom is -0.481 e. The summed E-state index contributed by atoms with van der Waals surface area (Å²) in [5, 5.41) is 29.0. The third-order valence-electron chi connectivity index (χ3n) is 13.2. The predicted octanol–water partition coefficient (Wildman–Crippen LogP) is 8.22. The van der Waals surface area contributed by atoms with Crippen LogP contribution in [0.15, 0.2) is 145 Å². The van der Waals surface area contributed by atoms with Crippen LogP contribution in [0.5, 0.6) is 0 Å². The minimum absolute atomic E-state index is 0.0169. The van der Waals surface area contributed by atoms with Crippen LogP contribution in [0.2, 0.25) is 0 Å². The molecule has 3 aromatic rings. The number of carbonyl (C=O) groups excluding carboxylic acids is 3. The molecule has 0 aromatic heterocycles. The molecule has 8 rings (SSSR count). The Labute approximate surface area is 392 Å². The second-order valence-corrected chi connectivity index (χ2v) is 17.0. The summed E-state index contributed by atoms with van der Waals surface area (Å²) in [6, 6.07) is 16.5. The quantitative estimate of drug-likeness (QED) is 0.0505. The lowest BCUT2D eigenvalue weighted by Crippen LogP contribution is -2.37. The van der Waals surface area contributed by atoms with E-state index in [1.54, 1.807) is 6.08 Å². The lowest BCUT2D eigenvalue weighted by molar-refractivity contribution is -0.159. The van der Waals surface area contributed by atoms with E-state index in [0.717, 1.165) is 18.3 Å². The van der Waals surface area contributed by atoms with Crippen molar-refractivity contribution in [1.82, 2.24) is 0 Å². The largest absolute Gasteiger partial charge is 0.481 e. The van der Waals surface area contributed by atoms with Crippen molar-refractivity contribution < 1.29 is 67.8 Å². The number of fused-ring (bicyclic) bond motifs is 3. The first-order valence-corrected chi connectivity index (χ1v) is 22.4. The zero-order valence-corrected chi connectivity index (χ0v) is 37.2. The fourth-order valence-corrected chi connectivity index (χ4v) is 10.0. The standard InChI is InChI=1S/C54H50O14/c1-64-51(61)44-30-32(14-24-41(44)49(57)58)33-15-25-42(50(59)60)45(31-33)53(63)68-29-27-66-37-22-18-35(19-23-37)54(46-12-6-4-8-38(46)39-9-5-7-13-47(39)54)34-16-20-36(21-17-34)65-26-28-67-52(62)43-11-3-2-10-40(43)48(55)56/h2-9,12-20,22,24-25,30-31,36-38,40,43,46H,10-11,21,23,26-29H2,1H3,(H,55,56)(H,57,58)(H,59,60). The Morgan fingerprint density at radius 3 is 1.72 bits per heavy atom. The summed E-state index contributed by atoms with van der Waals surface area (Å²) < 4.78 is 28.0. The molecule has 0 heterocycles. The summed E-state index contributed by atoms with van der Waals surface area (Å²) in [4.78, 5) is 74.0. The molecule has 0 spiro atoms. The number of carboxylic acids is 3. The van der Waals surface area contributed by atoms with Crippen LogP contribution in [0.1, 0.15) is 84.2 Å². The Kier molecular flexibility index (Phi) is 14.3. The summed E-state index contributed by atoms with van der Waals surface area (Å²) >= 11 is 0. The first kappa shape index (κ1) is 47.1. The summed E-state index contributed by atoms with van der Waals surface area (Å²) in [6.07, 6.45) is 26.2. The number of rotatable bonds is 17. The van der Waals surface area contributed by atoms with Crippen molar-refractivity contribution in [1.29, 1.82) is 0 Å². The van der Waals surface area contributed by atoms with E-state index in [0.29, 0.717) is 36.8 Å². The van der Waals surface area contributed by atoms with E-state index in [2.05, 4.69) is 72.9 Å². The predicted molar refractivity (Wildman–Crippen MR) is 247 cm³/mol. The van der Waals surface area contributed by atoms with E-state index in [1.165, 1.54) is 47.5 Å². The third-order valence-corrected chi connectivity index (χ3v) is 13.2. The topological polar surface area (TPSA) is 209 Å². The molecule has 14 heteroatoms. The minimum atomic E-state index is -1.35. The van der Waals surface area contributed by atoms with E-state index in [-0.39, 0.29) is 72.7 Å². The number of carboxylic acid groups (broad SMARTS) is 3. The second kappa shape index (κ2) is 20.6. The second-order valence-electron chi connectivity index (χ2n) is 17.0. The molecule has 0 radical (unpaired) electrons. The Bertz CT molecular complexity index is 2730. The van der Waals surface area contributed by atoms with E-state index < -0.39 is 53.1 Å². The normalized spacial score (nSPS) is 24.2. The molecule has 0 bridgehead atoms. The maximum atomic E-state index is 13.4. The fraction of sp³-hybridized carbons (Fsp3) is 0.296. The highest BCUT2D eigenvalue weighted by Gasteiger charge is 2.54. The Morgan fingerprint density at radius 1 is 0.603 bits per heavy atom. The van der Waals surface area contributed by atoms with Gasteiger partial charge >= 0.3 is 35.8 Å². The van der Waals surface area contributed by atoms with Crippen LogP contribution in [0, 0.1) is 17.8 Å². The van der Waals surface area contributed by atoms with E-state index in [4.69, 9.17) is 23.7 Å². The van der Waals surface area contributed by atoms with Crippen LogP contribution in [0.3, 0.4) is 0 Å². The van der Waals surface area contributed by atoms with E-state index in [9.17, 15) is 44.1 Å². The van der Waals surface area contributed by atoms with Gasteiger partial charge in [0.15, 0.2) is 0 Å². The number of allylic oxidation sites excluding steroid dienone is 10. The van der Waals surface area contributed by atoms with Gasteiger partial charge in [-0.3, -0.25) is 9.59 Å². The number of aromatic carboxylic acids is 2. The van der Waals surface area contributed by atoms with Crippen molar-refractivity contribution in [3.63, 3.8) is 0 Å². The zero-order chi connectivity index (χ0) is 48.0. The van der Waals surface area contributed by atoms with Crippen LogP contribution >= 0.6 is 0 Å². The maximum Gasteiger partial charge on any atom is 0.339 e. The summed E-state index contributed by atoms with van der Waals surface area (Å²) in [5.74, 6) is -7.29. The van der Waals surface area contributed by atoms with Crippen molar-refractivity contribution in [3.05, 3.63) is 178 Å². The molecular weight excluding hydrogens is 873 g/mol. The van der Waals surface area contributed by atoms with Crippen LogP contribution in [0.4, 0.5) is 0 Å². The van der Waals surface area contributed by atoms with Gasteiger partial charge in [0.05, 0.1) is 72.0 Å². The van der Waals surface area contributed by atoms with Crippen molar-refractivity contribution >= 4 is 35.8 Å². The molecular formula is C54H50O14. The molecule has 68 heavy (non-hydrogen) atoms. The van der Waals surface area contributed by atoms with Crippen molar-refractivity contribution in [2.45, 2.75) is 49.2 Å². The average molecular weight is 923 g/mol. The molecule has 5 aliphatic carbocycles. The molecule has 350 valence electrons. The van der Waals surface area contributed by atoms with Gasteiger partial charge in [0.1, 0.15) is 13.2 Å². The Hall–Kier alpha value is -7.42. The van der Waals surface area contributed by atoms with Gasteiger partial charge in [0, 0.05) is 11.8 Å². The van der Waals surface area contributed by atoms with Crippen molar-refractivity contribution in [2.24, 2.45) is 17.8 Å². The van der Waals surface area contributed by atoms with Crippen LogP contribution in [-0.4, -0.2) is 96.9 Å². The van der Waals surface area contributed by atoms with Gasteiger partial charge in [-0.1, -0.05) is 109 Å². The lowest BCUT2D eigenvalue weighted by atomic mass is 9.60. The number of esters is 3. The highest BCUT2D eigenvalue weighted by molar-refractivity contribution is 6.05. The number of carbonyl (C=O) groups is 6. The van der Waals surface area contributed by atoms with Gasteiger partial charge in [0.25, 0.3) is 0 Å². The molecule has 0 saturated heterocycles. The number of aliphatic carboxylic acids is 1. The van der Waals surface area contributed by atoms with Gasteiger partial charge in [-0.05, 0) is 83.3 Å². The van der Waals surface area contributed by atoms with Crippen LogP contribution in [0.25, 0.3) is 11.1 Å². The van der Waals surface area contributed by atoms with Gasteiger partial charge in [-0.25, -0.2) is 19.2 Å². The number of ether oxygens (including phenoxy) is 5. The molecule has 7 atom stereocenters. The first-order chi connectivity index (χ1) is 32.9. The molecule has 14 nitrogen and oxygen atoms in total. The van der Waals surface area contributed by atoms with Gasteiger partial charge in [-0.15, -0.1) is 0 Å². The molecule has 5 aliphatic rings. The number of benzene rings is 3. The highest BCUT2D eigenvalue weighted by atomic mass is 16.6. The maximum absolute atomic E-state index is 13.4. The SMILES string of the molecule is COC(=O)c1cc(-c2ccc(C(=O)O)c(C(=O)OCCOC3C=CC(C4(C5=CCC(OCCOC(=O)C6CC=CCC6C(=O)O)C=C5)c5ccccc5C5C=CC=CC54)=CC3)c2)ccc1C(=O)O. The molecule has 0 aliphatic heterocycles. The van der Waals surface area contributed by atoms with Crippen LogP contribution < -0.4 is 0 Å². The highest BCUT2D eigenvalue weighted by Crippen LogP contribution is 2.61. The molecule has 7 unspecified atom stereocenters. The van der Waals surface area contributed by atoms with Gasteiger partial charge in [-0.2, -0.15) is 0 Å². The van der Waals surface area contributed by atoms with Gasteiger partial charge in [0.2, 0.25) is 0 Å². The Balaban J connectivity index is 0.918. The van der Waals surface area contributed by atoms with Crippen LogP contribution in [-0.2, 0) is 38.7 Å². The summed E-state index contributed by atoms with van der Waals surface area (Å²) in [7, 11) is 1.12. The fourth-order valence-electron chi connectivity index (χ4n) is 10.0. The Morgan fingerprint density at radius 2 is 1.16 bits per heavy atom. The van der Waals surface area contributed by atoms with Gasteiger partial charge < -0.3 is 39.0 Å².